The third kappa shape index (κ3) is 5.91. The van der Waals surface area contributed by atoms with E-state index in [1.165, 1.54) is 23.9 Å². The molecule has 0 radical (unpaired) electrons. The third-order valence-electron chi connectivity index (χ3n) is 3.31. The van der Waals surface area contributed by atoms with Crippen LogP contribution in [0.15, 0.2) is 53.6 Å². The number of rotatable bonds is 8. The number of pyridine rings is 1. The summed E-state index contributed by atoms with van der Waals surface area (Å²) < 4.78 is 26.7. The molecule has 2 aromatic rings. The Kier molecular flexibility index (Phi) is 6.53. The van der Waals surface area contributed by atoms with Gasteiger partial charge in [0.2, 0.25) is 10.0 Å². The monoisotopic (exact) mass is 353 g/mol. The number of benzene rings is 1. The van der Waals surface area contributed by atoms with Gasteiger partial charge in [-0.05, 0) is 37.7 Å². The van der Waals surface area contributed by atoms with Crippen molar-refractivity contribution in [3.8, 4) is 0 Å². The highest BCUT2D eigenvalue weighted by molar-refractivity contribution is 7.89. The molecule has 0 unspecified atom stereocenters. The summed E-state index contributed by atoms with van der Waals surface area (Å²) in [4.78, 5) is 6.07. The van der Waals surface area contributed by atoms with Crippen LogP contribution in [0.1, 0.15) is 12.0 Å². The van der Waals surface area contributed by atoms with Gasteiger partial charge in [0.1, 0.15) is 10.0 Å². The number of aromatic nitrogens is 1. The highest BCUT2D eigenvalue weighted by Crippen LogP contribution is 2.10. The van der Waals surface area contributed by atoms with Gasteiger partial charge in [-0.3, -0.25) is 0 Å². The fourth-order valence-corrected chi connectivity index (χ4v) is 3.26. The van der Waals surface area contributed by atoms with E-state index in [1.54, 1.807) is 0 Å². The lowest BCUT2D eigenvalue weighted by Gasteiger charge is -2.16. The van der Waals surface area contributed by atoms with E-state index < -0.39 is 10.0 Å². The van der Waals surface area contributed by atoms with Crippen molar-refractivity contribution in [2.24, 2.45) is 0 Å². The normalized spacial score (nSPS) is 11.8. The molecule has 5 nitrogen and oxygen atoms in total. The average Bonchev–Trinajstić information content (AvgIpc) is 2.53. The summed E-state index contributed by atoms with van der Waals surface area (Å²) in [5.74, 6) is 0. The molecule has 0 bridgehead atoms. The Morgan fingerprint density at radius 1 is 1.17 bits per heavy atom. The van der Waals surface area contributed by atoms with E-state index in [9.17, 15) is 8.42 Å². The molecular formula is C16H20ClN3O2S. The van der Waals surface area contributed by atoms with Crippen LogP contribution in [0.25, 0.3) is 0 Å². The molecule has 1 N–H and O–H groups in total. The SMILES string of the molecule is CN(CCCNS(=O)(=O)c1ccc(Cl)nc1)Cc1ccccc1. The summed E-state index contributed by atoms with van der Waals surface area (Å²) in [6, 6.07) is 13.1. The number of nitrogens with zero attached hydrogens (tertiary/aromatic N) is 2. The molecule has 0 saturated heterocycles. The van der Waals surface area contributed by atoms with Gasteiger partial charge in [-0.2, -0.15) is 0 Å². The van der Waals surface area contributed by atoms with Gasteiger partial charge in [0.15, 0.2) is 0 Å². The van der Waals surface area contributed by atoms with E-state index in [0.717, 1.165) is 19.5 Å². The lowest BCUT2D eigenvalue weighted by molar-refractivity contribution is 0.322. The Morgan fingerprint density at radius 2 is 1.91 bits per heavy atom. The molecule has 23 heavy (non-hydrogen) atoms. The molecule has 7 heteroatoms. The molecule has 0 fully saturated rings. The van der Waals surface area contributed by atoms with Gasteiger partial charge in [0.25, 0.3) is 0 Å². The van der Waals surface area contributed by atoms with Gasteiger partial charge >= 0.3 is 0 Å². The van der Waals surface area contributed by atoms with Crippen molar-refractivity contribution in [3.05, 3.63) is 59.4 Å². The van der Waals surface area contributed by atoms with Crippen LogP contribution in [0, 0.1) is 0 Å². The van der Waals surface area contributed by atoms with Crippen LogP contribution in [-0.2, 0) is 16.6 Å². The van der Waals surface area contributed by atoms with Crippen LogP contribution >= 0.6 is 11.6 Å². The minimum Gasteiger partial charge on any atom is -0.302 e. The van der Waals surface area contributed by atoms with Crippen molar-refractivity contribution in [2.45, 2.75) is 17.9 Å². The van der Waals surface area contributed by atoms with Crippen LogP contribution in [0.4, 0.5) is 0 Å². The minimum atomic E-state index is -3.52. The molecule has 0 atom stereocenters. The van der Waals surface area contributed by atoms with Crippen LogP contribution in [0.5, 0.6) is 0 Å². The topological polar surface area (TPSA) is 62.3 Å². The Balaban J connectivity index is 1.75. The summed E-state index contributed by atoms with van der Waals surface area (Å²) in [5.41, 5.74) is 1.24. The second-order valence-corrected chi connectivity index (χ2v) is 7.45. The van der Waals surface area contributed by atoms with Crippen molar-refractivity contribution in [3.63, 3.8) is 0 Å². The molecule has 1 aromatic heterocycles. The van der Waals surface area contributed by atoms with E-state index in [2.05, 4.69) is 26.7 Å². The first-order valence-electron chi connectivity index (χ1n) is 7.31. The summed E-state index contributed by atoms with van der Waals surface area (Å²) in [6.07, 6.45) is 1.98. The van der Waals surface area contributed by atoms with Crippen molar-refractivity contribution in [2.75, 3.05) is 20.1 Å². The third-order valence-corrected chi connectivity index (χ3v) is 4.98. The predicted molar refractivity (Wildman–Crippen MR) is 91.8 cm³/mol. The largest absolute Gasteiger partial charge is 0.302 e. The number of nitrogens with one attached hydrogen (secondary N) is 1. The molecule has 0 aliphatic rings. The molecule has 0 spiro atoms. The number of hydrogen-bond donors (Lipinski definition) is 1. The summed E-state index contributed by atoms with van der Waals surface area (Å²) in [7, 11) is -1.51. The highest BCUT2D eigenvalue weighted by atomic mass is 35.5. The van der Waals surface area contributed by atoms with Gasteiger partial charge in [-0.1, -0.05) is 41.9 Å². The highest BCUT2D eigenvalue weighted by Gasteiger charge is 2.13. The van der Waals surface area contributed by atoms with Crippen molar-refractivity contribution < 1.29 is 8.42 Å². The summed E-state index contributed by atoms with van der Waals surface area (Å²) in [6.45, 7) is 2.02. The van der Waals surface area contributed by atoms with Gasteiger partial charge in [0.05, 0.1) is 0 Å². The average molecular weight is 354 g/mol. The number of halogens is 1. The summed E-state index contributed by atoms with van der Waals surface area (Å²) >= 11 is 5.66. The van der Waals surface area contributed by atoms with Crippen molar-refractivity contribution in [1.82, 2.24) is 14.6 Å². The van der Waals surface area contributed by atoms with E-state index >= 15 is 0 Å². The quantitative estimate of drug-likeness (QED) is 0.585. The minimum absolute atomic E-state index is 0.125. The Labute approximate surface area is 142 Å². The lowest BCUT2D eigenvalue weighted by Crippen LogP contribution is -2.28. The number of sulfonamides is 1. The molecule has 0 saturated carbocycles. The Hall–Kier alpha value is -1.47. The van der Waals surface area contributed by atoms with Gasteiger partial charge in [0, 0.05) is 19.3 Å². The lowest BCUT2D eigenvalue weighted by atomic mass is 10.2. The van der Waals surface area contributed by atoms with Crippen LogP contribution < -0.4 is 4.72 Å². The van der Waals surface area contributed by atoms with E-state index in [0.29, 0.717) is 6.54 Å². The molecular weight excluding hydrogens is 334 g/mol. The van der Waals surface area contributed by atoms with Gasteiger partial charge in [-0.25, -0.2) is 18.1 Å². The van der Waals surface area contributed by atoms with E-state index in [-0.39, 0.29) is 10.0 Å². The fourth-order valence-electron chi connectivity index (χ4n) is 2.13. The zero-order valence-electron chi connectivity index (χ0n) is 12.9. The molecule has 124 valence electrons. The van der Waals surface area contributed by atoms with E-state index in [4.69, 9.17) is 11.6 Å². The zero-order valence-corrected chi connectivity index (χ0v) is 14.5. The Bertz CT molecular complexity index is 706. The van der Waals surface area contributed by atoms with Crippen molar-refractivity contribution >= 4 is 21.6 Å². The molecule has 2 rings (SSSR count). The van der Waals surface area contributed by atoms with Gasteiger partial charge < -0.3 is 4.90 Å². The fraction of sp³-hybridized carbons (Fsp3) is 0.312. The smallest absolute Gasteiger partial charge is 0.242 e. The molecule has 0 aliphatic heterocycles. The second kappa shape index (κ2) is 8.40. The van der Waals surface area contributed by atoms with E-state index in [1.807, 2.05) is 25.2 Å². The maximum absolute atomic E-state index is 12.1. The van der Waals surface area contributed by atoms with Crippen LogP contribution in [0.3, 0.4) is 0 Å². The zero-order chi connectivity index (χ0) is 16.7. The number of hydrogen-bond acceptors (Lipinski definition) is 4. The molecule has 1 aromatic carbocycles. The maximum atomic E-state index is 12.1. The second-order valence-electron chi connectivity index (χ2n) is 5.29. The Morgan fingerprint density at radius 3 is 2.57 bits per heavy atom. The predicted octanol–water partition coefficient (Wildman–Crippen LogP) is 2.54. The maximum Gasteiger partial charge on any atom is 0.242 e. The molecule has 1 heterocycles. The molecule has 0 amide bonds. The van der Waals surface area contributed by atoms with Gasteiger partial charge in [-0.15, -0.1) is 0 Å². The van der Waals surface area contributed by atoms with Crippen molar-refractivity contribution in [1.29, 1.82) is 0 Å². The summed E-state index contributed by atoms with van der Waals surface area (Å²) in [5, 5.41) is 0.270. The van der Waals surface area contributed by atoms with Crippen LogP contribution in [-0.4, -0.2) is 38.4 Å². The molecule has 0 aliphatic carbocycles. The standard InChI is InChI=1S/C16H20ClN3O2S/c1-20(13-14-6-3-2-4-7-14)11-5-10-19-23(21,22)15-8-9-16(17)18-12-15/h2-4,6-9,12,19H,5,10-11,13H2,1H3. The first-order chi connectivity index (χ1) is 11.0. The first-order valence-corrected chi connectivity index (χ1v) is 9.17. The first kappa shape index (κ1) is 17.9. The van der Waals surface area contributed by atoms with Crippen LogP contribution in [0.2, 0.25) is 5.15 Å².